The van der Waals surface area contributed by atoms with Gasteiger partial charge in [0.1, 0.15) is 5.54 Å². The predicted molar refractivity (Wildman–Crippen MR) is 84.3 cm³/mol. The Hall–Kier alpha value is -0.650. The summed E-state index contributed by atoms with van der Waals surface area (Å²) in [6, 6.07) is 0. The first-order valence-electron chi connectivity index (χ1n) is 8.38. The van der Waals surface area contributed by atoms with E-state index in [9.17, 15) is 4.79 Å². The molecule has 2 fully saturated rings. The van der Waals surface area contributed by atoms with E-state index in [-0.39, 0.29) is 5.97 Å². The summed E-state index contributed by atoms with van der Waals surface area (Å²) >= 11 is 0. The highest BCUT2D eigenvalue weighted by atomic mass is 16.5. The zero-order valence-corrected chi connectivity index (χ0v) is 13.9. The molecule has 1 saturated carbocycles. The van der Waals surface area contributed by atoms with Gasteiger partial charge in [0.05, 0.1) is 6.61 Å². The minimum atomic E-state index is -0.568. The summed E-state index contributed by atoms with van der Waals surface area (Å²) in [5, 5.41) is 3.13. The van der Waals surface area contributed by atoms with Crippen molar-refractivity contribution in [1.29, 1.82) is 0 Å². The fraction of sp³-hybridized carbons (Fsp3) is 0.938. The number of esters is 1. The molecule has 0 aromatic heterocycles. The van der Waals surface area contributed by atoms with Gasteiger partial charge in [-0.1, -0.05) is 0 Å². The number of carbonyl (C=O) groups is 1. The van der Waals surface area contributed by atoms with Gasteiger partial charge < -0.3 is 19.9 Å². The summed E-state index contributed by atoms with van der Waals surface area (Å²) in [5.74, 6) is 0.841. The Balaban J connectivity index is 1.70. The van der Waals surface area contributed by atoms with Crippen molar-refractivity contribution in [2.45, 2.75) is 38.6 Å². The van der Waals surface area contributed by atoms with Crippen LogP contribution in [0.5, 0.6) is 0 Å². The molecule has 5 heteroatoms. The molecule has 1 atom stereocenters. The third-order valence-corrected chi connectivity index (χ3v) is 4.88. The molecule has 0 aromatic carbocycles. The summed E-state index contributed by atoms with van der Waals surface area (Å²) in [6.45, 7) is 11.1. The molecule has 2 rings (SSSR count). The molecule has 1 unspecified atom stereocenters. The lowest BCUT2D eigenvalue weighted by Crippen LogP contribution is -2.53. The molecule has 122 valence electrons. The second kappa shape index (κ2) is 7.56. The van der Waals surface area contributed by atoms with E-state index in [1.165, 1.54) is 32.5 Å². The summed E-state index contributed by atoms with van der Waals surface area (Å²) < 4.78 is 5.18. The molecule has 1 aliphatic heterocycles. The number of hydrogen-bond acceptors (Lipinski definition) is 5. The Labute approximate surface area is 129 Å². The van der Waals surface area contributed by atoms with Crippen molar-refractivity contribution >= 4 is 5.97 Å². The third kappa shape index (κ3) is 4.94. The van der Waals surface area contributed by atoms with Crippen molar-refractivity contribution in [2.24, 2.45) is 5.92 Å². The van der Waals surface area contributed by atoms with E-state index in [2.05, 4.69) is 15.1 Å². The quantitative estimate of drug-likeness (QED) is 0.676. The number of rotatable bonds is 8. The normalized spacial score (nSPS) is 23.8. The topological polar surface area (TPSA) is 44.8 Å². The van der Waals surface area contributed by atoms with Gasteiger partial charge in [0.15, 0.2) is 0 Å². The van der Waals surface area contributed by atoms with Crippen LogP contribution in [-0.4, -0.2) is 74.2 Å². The second-order valence-corrected chi connectivity index (χ2v) is 6.64. The first kappa shape index (κ1) is 16.7. The van der Waals surface area contributed by atoms with Crippen LogP contribution in [0.4, 0.5) is 0 Å². The third-order valence-electron chi connectivity index (χ3n) is 4.88. The second-order valence-electron chi connectivity index (χ2n) is 6.64. The maximum absolute atomic E-state index is 12.0. The maximum Gasteiger partial charge on any atom is 0.326 e. The Morgan fingerprint density at radius 2 is 1.86 bits per heavy atom. The Morgan fingerprint density at radius 1 is 1.24 bits per heavy atom. The van der Waals surface area contributed by atoms with Crippen molar-refractivity contribution in [2.75, 3.05) is 52.9 Å². The molecular weight excluding hydrogens is 266 g/mol. The van der Waals surface area contributed by atoms with Crippen LogP contribution in [0, 0.1) is 5.92 Å². The Bertz CT molecular complexity index is 338. The minimum absolute atomic E-state index is 0.139. The van der Waals surface area contributed by atoms with E-state index in [0.29, 0.717) is 6.61 Å². The average molecular weight is 297 g/mol. The van der Waals surface area contributed by atoms with Gasteiger partial charge in [-0.05, 0) is 46.1 Å². The number of nitrogens with zero attached hydrogens (tertiary/aromatic N) is 2. The lowest BCUT2D eigenvalue weighted by Gasteiger charge is -2.36. The molecule has 0 bridgehead atoms. The zero-order valence-electron chi connectivity index (χ0n) is 13.9. The van der Waals surface area contributed by atoms with E-state index < -0.39 is 5.54 Å². The zero-order chi connectivity index (χ0) is 15.3. The van der Waals surface area contributed by atoms with E-state index >= 15 is 0 Å². The van der Waals surface area contributed by atoms with Crippen molar-refractivity contribution < 1.29 is 9.53 Å². The van der Waals surface area contributed by atoms with Gasteiger partial charge in [0.2, 0.25) is 0 Å². The van der Waals surface area contributed by atoms with E-state index in [1.807, 2.05) is 20.9 Å². The first-order valence-corrected chi connectivity index (χ1v) is 8.38. The molecule has 0 amide bonds. The standard InChI is InChI=1S/C16H31N3O2/c1-4-21-15(20)16(2,17-3)7-8-18-9-11-19(12-10-18)13-14-5-6-14/h14,17H,4-13H2,1-3H3. The number of ether oxygens (including phenoxy) is 1. The fourth-order valence-corrected chi connectivity index (χ4v) is 2.86. The van der Waals surface area contributed by atoms with Crippen LogP contribution in [0.25, 0.3) is 0 Å². The van der Waals surface area contributed by atoms with Crippen molar-refractivity contribution in [3.05, 3.63) is 0 Å². The molecule has 1 heterocycles. The summed E-state index contributed by atoms with van der Waals surface area (Å²) in [6.07, 6.45) is 3.66. The number of likely N-dealkylation sites (N-methyl/N-ethyl adjacent to an activating group) is 1. The molecular formula is C16H31N3O2. The number of carbonyl (C=O) groups excluding carboxylic acids is 1. The number of piperazine rings is 1. The molecule has 0 spiro atoms. The van der Waals surface area contributed by atoms with E-state index in [1.54, 1.807) is 0 Å². The summed E-state index contributed by atoms with van der Waals surface area (Å²) in [5.41, 5.74) is -0.568. The highest BCUT2D eigenvalue weighted by Gasteiger charge is 2.33. The largest absolute Gasteiger partial charge is 0.465 e. The number of nitrogens with one attached hydrogen (secondary N) is 1. The minimum Gasteiger partial charge on any atom is -0.465 e. The molecule has 1 aliphatic carbocycles. The molecule has 2 aliphatic rings. The van der Waals surface area contributed by atoms with Gasteiger partial charge in [-0.3, -0.25) is 4.79 Å². The van der Waals surface area contributed by atoms with E-state index in [4.69, 9.17) is 4.74 Å². The highest BCUT2D eigenvalue weighted by Crippen LogP contribution is 2.29. The molecule has 0 radical (unpaired) electrons. The summed E-state index contributed by atoms with van der Waals surface area (Å²) in [7, 11) is 1.84. The molecule has 1 saturated heterocycles. The van der Waals surface area contributed by atoms with Crippen LogP contribution < -0.4 is 5.32 Å². The predicted octanol–water partition coefficient (Wildman–Crippen LogP) is 0.945. The molecule has 5 nitrogen and oxygen atoms in total. The van der Waals surface area contributed by atoms with Gasteiger partial charge in [-0.25, -0.2) is 0 Å². The van der Waals surface area contributed by atoms with Crippen LogP contribution in [0.1, 0.15) is 33.1 Å². The average Bonchev–Trinajstić information content (AvgIpc) is 3.30. The maximum atomic E-state index is 12.0. The van der Waals surface area contributed by atoms with Crippen LogP contribution in [0.15, 0.2) is 0 Å². The van der Waals surface area contributed by atoms with Gasteiger partial charge in [0, 0.05) is 39.3 Å². The van der Waals surface area contributed by atoms with Gasteiger partial charge in [-0.15, -0.1) is 0 Å². The van der Waals surface area contributed by atoms with Gasteiger partial charge in [0.25, 0.3) is 0 Å². The van der Waals surface area contributed by atoms with Crippen molar-refractivity contribution in [3.8, 4) is 0 Å². The van der Waals surface area contributed by atoms with Gasteiger partial charge >= 0.3 is 5.97 Å². The van der Waals surface area contributed by atoms with Crippen molar-refractivity contribution in [3.63, 3.8) is 0 Å². The smallest absolute Gasteiger partial charge is 0.326 e. The fourth-order valence-electron chi connectivity index (χ4n) is 2.86. The Morgan fingerprint density at radius 3 is 2.38 bits per heavy atom. The van der Waals surface area contributed by atoms with Crippen LogP contribution in [0.3, 0.4) is 0 Å². The first-order chi connectivity index (χ1) is 10.1. The molecule has 21 heavy (non-hydrogen) atoms. The highest BCUT2D eigenvalue weighted by molar-refractivity contribution is 5.80. The summed E-state index contributed by atoms with van der Waals surface area (Å²) in [4.78, 5) is 17.1. The van der Waals surface area contributed by atoms with Crippen LogP contribution in [0.2, 0.25) is 0 Å². The van der Waals surface area contributed by atoms with E-state index in [0.717, 1.165) is 32.0 Å². The Kier molecular flexibility index (Phi) is 6.02. The lowest BCUT2D eigenvalue weighted by atomic mass is 9.97. The molecule has 0 aromatic rings. The van der Waals surface area contributed by atoms with Crippen LogP contribution in [-0.2, 0) is 9.53 Å². The van der Waals surface area contributed by atoms with Gasteiger partial charge in [-0.2, -0.15) is 0 Å². The SMILES string of the molecule is CCOC(=O)C(C)(CCN1CCN(CC2CC2)CC1)NC. The van der Waals surface area contributed by atoms with Crippen molar-refractivity contribution in [1.82, 2.24) is 15.1 Å². The monoisotopic (exact) mass is 297 g/mol. The van der Waals surface area contributed by atoms with Crippen LogP contribution >= 0.6 is 0 Å². The lowest BCUT2D eigenvalue weighted by molar-refractivity contribution is -0.150. The number of hydrogen-bond donors (Lipinski definition) is 1. The molecule has 1 N–H and O–H groups in total.